The number of nitrogens with one attached hydrogen (secondary N) is 1. The molecular formula is C19H25N5O2S. The van der Waals surface area contributed by atoms with Crippen molar-refractivity contribution in [3.8, 4) is 0 Å². The number of amides is 1. The molecular weight excluding hydrogens is 362 g/mol. The molecule has 0 fully saturated rings. The molecule has 0 bridgehead atoms. The van der Waals surface area contributed by atoms with Crippen molar-refractivity contribution in [1.82, 2.24) is 19.3 Å². The number of rotatable bonds is 9. The van der Waals surface area contributed by atoms with Gasteiger partial charge in [0.25, 0.3) is 0 Å². The van der Waals surface area contributed by atoms with Crippen LogP contribution in [0.3, 0.4) is 0 Å². The molecule has 0 aliphatic carbocycles. The van der Waals surface area contributed by atoms with E-state index in [-0.39, 0.29) is 18.1 Å². The molecule has 144 valence electrons. The summed E-state index contributed by atoms with van der Waals surface area (Å²) in [6, 6.07) is 7.56. The van der Waals surface area contributed by atoms with Gasteiger partial charge in [0, 0.05) is 13.0 Å². The molecule has 0 aliphatic rings. The van der Waals surface area contributed by atoms with E-state index in [1.165, 1.54) is 15.9 Å². The molecule has 0 saturated carbocycles. The van der Waals surface area contributed by atoms with Crippen LogP contribution in [0.2, 0.25) is 0 Å². The molecule has 3 aromatic rings. The third kappa shape index (κ3) is 4.44. The fraction of sp³-hybridized carbons (Fsp3) is 0.474. The van der Waals surface area contributed by atoms with Gasteiger partial charge in [-0.3, -0.25) is 19.2 Å². The molecule has 0 unspecified atom stereocenters. The first-order chi connectivity index (χ1) is 13.1. The summed E-state index contributed by atoms with van der Waals surface area (Å²) in [7, 11) is 0. The van der Waals surface area contributed by atoms with Crippen LogP contribution in [0.15, 0.2) is 29.1 Å². The average molecular weight is 388 g/mol. The third-order valence-corrected chi connectivity index (χ3v) is 5.28. The largest absolute Gasteiger partial charge is 0.329 e. The van der Waals surface area contributed by atoms with Crippen LogP contribution >= 0.6 is 11.3 Å². The van der Waals surface area contributed by atoms with Gasteiger partial charge >= 0.3 is 5.69 Å². The van der Waals surface area contributed by atoms with Crippen LogP contribution in [-0.2, 0) is 24.3 Å². The zero-order valence-electron chi connectivity index (χ0n) is 15.8. The summed E-state index contributed by atoms with van der Waals surface area (Å²) < 4.78 is 3.24. The minimum atomic E-state index is -0.271. The Morgan fingerprint density at radius 3 is 2.52 bits per heavy atom. The molecule has 0 spiro atoms. The number of hydrogen-bond donors (Lipinski definition) is 1. The zero-order valence-corrected chi connectivity index (χ0v) is 16.6. The Hall–Kier alpha value is -2.48. The predicted octanol–water partition coefficient (Wildman–Crippen LogP) is 3.44. The maximum Gasteiger partial charge on any atom is 0.329 e. The minimum absolute atomic E-state index is 0.0409. The molecule has 0 radical (unpaired) electrons. The Kier molecular flexibility index (Phi) is 6.39. The van der Waals surface area contributed by atoms with Crippen LogP contribution < -0.4 is 11.0 Å². The Bertz CT molecular complexity index is 972. The van der Waals surface area contributed by atoms with Gasteiger partial charge in [0.2, 0.25) is 11.0 Å². The van der Waals surface area contributed by atoms with E-state index in [2.05, 4.69) is 22.4 Å². The van der Waals surface area contributed by atoms with Gasteiger partial charge in [-0.05, 0) is 25.0 Å². The fourth-order valence-corrected chi connectivity index (χ4v) is 3.90. The topological polar surface area (TPSA) is 81.8 Å². The van der Waals surface area contributed by atoms with E-state index in [4.69, 9.17) is 0 Å². The van der Waals surface area contributed by atoms with Gasteiger partial charge in [0.1, 0.15) is 11.6 Å². The number of para-hydroxylation sites is 2. The summed E-state index contributed by atoms with van der Waals surface area (Å²) in [4.78, 5) is 25.2. The lowest BCUT2D eigenvalue weighted by Gasteiger charge is -2.03. The van der Waals surface area contributed by atoms with Crippen molar-refractivity contribution < 1.29 is 4.79 Å². The van der Waals surface area contributed by atoms with Crippen molar-refractivity contribution in [2.75, 3.05) is 5.32 Å². The lowest BCUT2D eigenvalue weighted by atomic mass is 10.2. The van der Waals surface area contributed by atoms with Crippen LogP contribution in [0.4, 0.5) is 5.13 Å². The number of fused-ring (bicyclic) bond motifs is 1. The summed E-state index contributed by atoms with van der Waals surface area (Å²) in [6.45, 7) is 4.77. The molecule has 27 heavy (non-hydrogen) atoms. The number of imidazole rings is 1. The van der Waals surface area contributed by atoms with Crippen molar-refractivity contribution in [3.05, 3.63) is 39.8 Å². The Morgan fingerprint density at radius 2 is 1.81 bits per heavy atom. The van der Waals surface area contributed by atoms with Crippen molar-refractivity contribution in [2.45, 2.75) is 59.0 Å². The summed E-state index contributed by atoms with van der Waals surface area (Å²) in [6.07, 6.45) is 5.12. The molecule has 2 heterocycles. The van der Waals surface area contributed by atoms with Crippen molar-refractivity contribution in [1.29, 1.82) is 0 Å². The fourth-order valence-electron chi connectivity index (χ4n) is 3.10. The van der Waals surface area contributed by atoms with Crippen LogP contribution in [0.25, 0.3) is 11.0 Å². The monoisotopic (exact) mass is 387 g/mol. The van der Waals surface area contributed by atoms with Crippen molar-refractivity contribution in [2.24, 2.45) is 0 Å². The third-order valence-electron chi connectivity index (χ3n) is 4.38. The molecule has 1 aromatic carbocycles. The quantitative estimate of drug-likeness (QED) is 0.570. The SMILES string of the molecule is CCCCCc1nnc(NC(=O)Cn2c(=O)n(CCC)c3ccccc32)s1. The van der Waals surface area contributed by atoms with Gasteiger partial charge in [0.05, 0.1) is 11.0 Å². The second kappa shape index (κ2) is 8.94. The maximum atomic E-state index is 12.7. The van der Waals surface area contributed by atoms with E-state index in [1.54, 1.807) is 4.57 Å². The van der Waals surface area contributed by atoms with Crippen LogP contribution in [0, 0.1) is 0 Å². The predicted molar refractivity (Wildman–Crippen MR) is 108 cm³/mol. The number of anilines is 1. The van der Waals surface area contributed by atoms with E-state index in [0.29, 0.717) is 11.7 Å². The highest BCUT2D eigenvalue weighted by Crippen LogP contribution is 2.18. The van der Waals surface area contributed by atoms with Gasteiger partial charge in [-0.2, -0.15) is 0 Å². The summed E-state index contributed by atoms with van der Waals surface area (Å²) >= 11 is 1.40. The molecule has 1 amide bonds. The highest BCUT2D eigenvalue weighted by atomic mass is 32.1. The number of carbonyl (C=O) groups excluding carboxylic acids is 1. The van der Waals surface area contributed by atoms with E-state index in [9.17, 15) is 9.59 Å². The van der Waals surface area contributed by atoms with E-state index in [0.717, 1.165) is 48.1 Å². The number of unbranched alkanes of at least 4 members (excludes halogenated alkanes) is 2. The van der Waals surface area contributed by atoms with E-state index in [1.807, 2.05) is 31.2 Å². The Morgan fingerprint density at radius 1 is 1.07 bits per heavy atom. The maximum absolute atomic E-state index is 12.7. The van der Waals surface area contributed by atoms with Crippen LogP contribution in [0.5, 0.6) is 0 Å². The number of nitrogens with zero attached hydrogens (tertiary/aromatic N) is 4. The van der Waals surface area contributed by atoms with E-state index < -0.39 is 0 Å². The molecule has 1 N–H and O–H groups in total. The Labute approximate surface area is 162 Å². The summed E-state index contributed by atoms with van der Waals surface area (Å²) in [5.74, 6) is -0.271. The number of carbonyl (C=O) groups is 1. The molecule has 3 rings (SSSR count). The molecule has 7 nitrogen and oxygen atoms in total. The molecule has 0 atom stereocenters. The zero-order chi connectivity index (χ0) is 19.2. The van der Waals surface area contributed by atoms with Crippen molar-refractivity contribution in [3.63, 3.8) is 0 Å². The number of aromatic nitrogens is 4. The second-order valence-corrected chi connectivity index (χ2v) is 7.58. The average Bonchev–Trinajstić information content (AvgIpc) is 3.20. The second-order valence-electron chi connectivity index (χ2n) is 6.52. The molecule has 8 heteroatoms. The van der Waals surface area contributed by atoms with Gasteiger partial charge in [-0.25, -0.2) is 4.79 Å². The lowest BCUT2D eigenvalue weighted by Crippen LogP contribution is -2.29. The number of hydrogen-bond acceptors (Lipinski definition) is 5. The van der Waals surface area contributed by atoms with Crippen molar-refractivity contribution >= 4 is 33.4 Å². The summed E-state index contributed by atoms with van der Waals surface area (Å²) in [5, 5.41) is 12.3. The van der Waals surface area contributed by atoms with Crippen LogP contribution in [-0.4, -0.2) is 25.2 Å². The highest BCUT2D eigenvalue weighted by Gasteiger charge is 2.16. The smallest absolute Gasteiger partial charge is 0.299 e. The van der Waals surface area contributed by atoms with Gasteiger partial charge in [0.15, 0.2) is 0 Å². The standard InChI is InChI=1S/C19H25N5O2S/c1-3-5-6-11-17-21-22-18(27-17)20-16(25)13-24-15-10-8-7-9-14(15)23(12-4-2)19(24)26/h7-10H,3-6,11-13H2,1-2H3,(H,20,22,25). The highest BCUT2D eigenvalue weighted by molar-refractivity contribution is 7.15. The van der Waals surface area contributed by atoms with Gasteiger partial charge in [-0.15, -0.1) is 10.2 Å². The number of aryl methyl sites for hydroxylation is 2. The Balaban J connectivity index is 1.73. The molecule has 0 saturated heterocycles. The van der Waals surface area contributed by atoms with Crippen LogP contribution in [0.1, 0.15) is 44.5 Å². The van der Waals surface area contributed by atoms with Gasteiger partial charge < -0.3 is 0 Å². The first kappa shape index (κ1) is 19.3. The van der Waals surface area contributed by atoms with Gasteiger partial charge in [-0.1, -0.05) is 50.2 Å². The number of benzene rings is 1. The normalized spacial score (nSPS) is 11.2. The summed E-state index contributed by atoms with van der Waals surface area (Å²) in [5.41, 5.74) is 1.46. The first-order valence-electron chi connectivity index (χ1n) is 9.44. The first-order valence-corrected chi connectivity index (χ1v) is 10.3. The lowest BCUT2D eigenvalue weighted by molar-refractivity contribution is -0.116. The molecule has 0 aliphatic heterocycles. The van der Waals surface area contributed by atoms with E-state index >= 15 is 0 Å². The minimum Gasteiger partial charge on any atom is -0.299 e. The molecule has 2 aromatic heterocycles.